The Labute approximate surface area is 155 Å². The molecule has 1 aliphatic rings. The fourth-order valence-electron chi connectivity index (χ4n) is 3.15. The molecule has 0 atom stereocenters. The molecule has 136 valence electrons. The molecule has 2 aromatic heterocycles. The van der Waals surface area contributed by atoms with Crippen molar-refractivity contribution in [2.24, 2.45) is 0 Å². The van der Waals surface area contributed by atoms with E-state index >= 15 is 0 Å². The van der Waals surface area contributed by atoms with Gasteiger partial charge in [0.25, 0.3) is 0 Å². The molecule has 0 amide bonds. The fourth-order valence-corrected chi connectivity index (χ4v) is 5.48. The molecule has 1 aliphatic heterocycles. The second kappa shape index (κ2) is 6.57. The summed E-state index contributed by atoms with van der Waals surface area (Å²) < 4.78 is 40.7. The van der Waals surface area contributed by atoms with Gasteiger partial charge in [-0.05, 0) is 25.1 Å². The highest BCUT2D eigenvalue weighted by atomic mass is 32.2. The molecule has 0 unspecified atom stereocenters. The molecule has 6 nitrogen and oxygen atoms in total. The zero-order valence-corrected chi connectivity index (χ0v) is 15.7. The number of halogens is 1. The van der Waals surface area contributed by atoms with E-state index in [1.54, 1.807) is 11.3 Å². The first-order chi connectivity index (χ1) is 12.5. The van der Waals surface area contributed by atoms with Gasteiger partial charge in [0.15, 0.2) is 0 Å². The van der Waals surface area contributed by atoms with Gasteiger partial charge in [-0.25, -0.2) is 22.8 Å². The van der Waals surface area contributed by atoms with Gasteiger partial charge in [0.1, 0.15) is 27.7 Å². The second-order valence-corrected chi connectivity index (χ2v) is 9.24. The highest BCUT2D eigenvalue weighted by Gasteiger charge is 2.31. The molecule has 3 aromatic rings. The molecule has 0 spiro atoms. The van der Waals surface area contributed by atoms with Crippen LogP contribution in [-0.4, -0.2) is 48.9 Å². The molecule has 1 saturated heterocycles. The first kappa shape index (κ1) is 17.3. The van der Waals surface area contributed by atoms with E-state index in [-0.39, 0.29) is 18.0 Å². The summed E-state index contributed by atoms with van der Waals surface area (Å²) in [7, 11) is -3.84. The number of nitrogens with zero attached hydrogens (tertiary/aromatic N) is 4. The van der Waals surface area contributed by atoms with E-state index < -0.39 is 15.8 Å². The minimum atomic E-state index is -3.84. The van der Waals surface area contributed by atoms with Crippen molar-refractivity contribution in [3.05, 3.63) is 47.4 Å². The van der Waals surface area contributed by atoms with Crippen molar-refractivity contribution < 1.29 is 12.8 Å². The van der Waals surface area contributed by atoms with Crippen LogP contribution in [0.1, 0.15) is 4.88 Å². The molecule has 0 N–H and O–H groups in total. The van der Waals surface area contributed by atoms with Gasteiger partial charge in [0.2, 0.25) is 10.0 Å². The SMILES string of the molecule is Cc1cc2c(N3CCN(S(=O)(=O)c4ccccc4F)CC3)ncnc2s1. The third-order valence-electron chi connectivity index (χ3n) is 4.42. The van der Waals surface area contributed by atoms with Crippen LogP contribution in [0.3, 0.4) is 0 Å². The molecule has 0 radical (unpaired) electrons. The number of fused-ring (bicyclic) bond motifs is 1. The molecule has 1 aromatic carbocycles. The van der Waals surface area contributed by atoms with Crippen LogP contribution in [0.5, 0.6) is 0 Å². The number of thiophene rings is 1. The number of sulfonamides is 1. The zero-order valence-electron chi connectivity index (χ0n) is 14.1. The summed E-state index contributed by atoms with van der Waals surface area (Å²) >= 11 is 1.61. The number of aryl methyl sites for hydroxylation is 1. The topological polar surface area (TPSA) is 66.4 Å². The van der Waals surface area contributed by atoms with Crippen LogP contribution in [0.4, 0.5) is 10.2 Å². The molecule has 0 bridgehead atoms. The van der Waals surface area contributed by atoms with E-state index in [2.05, 4.69) is 20.9 Å². The summed E-state index contributed by atoms with van der Waals surface area (Å²) in [5.74, 6) is 0.100. The number of aromatic nitrogens is 2. The van der Waals surface area contributed by atoms with E-state index in [0.717, 1.165) is 20.9 Å². The van der Waals surface area contributed by atoms with Gasteiger partial charge < -0.3 is 4.90 Å². The van der Waals surface area contributed by atoms with Gasteiger partial charge in [-0.15, -0.1) is 11.3 Å². The Kier molecular flexibility index (Phi) is 4.37. The lowest BCUT2D eigenvalue weighted by atomic mass is 10.3. The lowest BCUT2D eigenvalue weighted by molar-refractivity contribution is 0.381. The van der Waals surface area contributed by atoms with Gasteiger partial charge in [-0.2, -0.15) is 4.31 Å². The van der Waals surface area contributed by atoms with Crippen LogP contribution >= 0.6 is 11.3 Å². The van der Waals surface area contributed by atoms with Crippen molar-refractivity contribution in [1.29, 1.82) is 0 Å². The van der Waals surface area contributed by atoms with Crippen molar-refractivity contribution in [1.82, 2.24) is 14.3 Å². The van der Waals surface area contributed by atoms with Gasteiger partial charge in [0, 0.05) is 31.1 Å². The smallest absolute Gasteiger partial charge is 0.246 e. The summed E-state index contributed by atoms with van der Waals surface area (Å²) in [6, 6.07) is 7.54. The number of rotatable bonds is 3. The first-order valence-electron chi connectivity index (χ1n) is 8.17. The molecule has 0 aliphatic carbocycles. The van der Waals surface area contributed by atoms with Gasteiger partial charge in [-0.3, -0.25) is 0 Å². The Balaban J connectivity index is 1.57. The summed E-state index contributed by atoms with van der Waals surface area (Å²) in [6.07, 6.45) is 1.54. The van der Waals surface area contributed by atoms with E-state index in [4.69, 9.17) is 0 Å². The maximum atomic E-state index is 13.9. The maximum Gasteiger partial charge on any atom is 0.246 e. The monoisotopic (exact) mass is 392 g/mol. The second-order valence-electron chi connectivity index (χ2n) is 6.09. The minimum absolute atomic E-state index is 0.272. The van der Waals surface area contributed by atoms with Crippen LogP contribution in [0.15, 0.2) is 41.6 Å². The van der Waals surface area contributed by atoms with Gasteiger partial charge in [-0.1, -0.05) is 12.1 Å². The quantitative estimate of drug-likeness (QED) is 0.686. The Morgan fingerprint density at radius 1 is 1.12 bits per heavy atom. The Morgan fingerprint density at radius 2 is 1.85 bits per heavy atom. The molecule has 4 rings (SSSR count). The van der Waals surface area contributed by atoms with Crippen LogP contribution in [-0.2, 0) is 10.0 Å². The lowest BCUT2D eigenvalue weighted by Gasteiger charge is -2.34. The number of piperazine rings is 1. The molecule has 26 heavy (non-hydrogen) atoms. The molecule has 0 saturated carbocycles. The van der Waals surface area contributed by atoms with Crippen LogP contribution in [0.2, 0.25) is 0 Å². The number of benzene rings is 1. The van der Waals surface area contributed by atoms with E-state index in [1.165, 1.54) is 34.9 Å². The number of hydrogen-bond donors (Lipinski definition) is 0. The summed E-state index contributed by atoms with van der Waals surface area (Å²) in [5, 5.41) is 0.986. The molecular weight excluding hydrogens is 375 g/mol. The standard InChI is InChI=1S/C17H17FN4O2S2/c1-12-10-13-16(19-11-20-17(13)25-12)21-6-8-22(9-7-21)26(23,24)15-5-3-2-4-14(15)18/h2-5,10-11H,6-9H2,1H3. The normalized spacial score (nSPS) is 16.3. The molecule has 9 heteroatoms. The first-order valence-corrected chi connectivity index (χ1v) is 10.4. The Bertz CT molecular complexity index is 1060. The maximum absolute atomic E-state index is 13.9. The minimum Gasteiger partial charge on any atom is -0.353 e. The molecule has 1 fully saturated rings. The number of anilines is 1. The fraction of sp³-hybridized carbons (Fsp3) is 0.294. The lowest BCUT2D eigenvalue weighted by Crippen LogP contribution is -2.49. The van der Waals surface area contributed by atoms with Crippen LogP contribution in [0, 0.1) is 12.7 Å². The van der Waals surface area contributed by atoms with Gasteiger partial charge in [0.05, 0.1) is 5.39 Å². The van der Waals surface area contributed by atoms with Crippen molar-refractivity contribution in [2.75, 3.05) is 31.1 Å². The van der Waals surface area contributed by atoms with Crippen molar-refractivity contribution in [3.8, 4) is 0 Å². The highest BCUT2D eigenvalue weighted by molar-refractivity contribution is 7.89. The van der Waals surface area contributed by atoms with Crippen molar-refractivity contribution in [3.63, 3.8) is 0 Å². The predicted octanol–water partition coefficient (Wildman–Crippen LogP) is 2.65. The molecular formula is C17H17FN4O2S2. The Morgan fingerprint density at radius 3 is 2.58 bits per heavy atom. The number of hydrogen-bond acceptors (Lipinski definition) is 6. The Hall–Kier alpha value is -2.10. The highest BCUT2D eigenvalue weighted by Crippen LogP contribution is 2.30. The van der Waals surface area contributed by atoms with E-state index in [9.17, 15) is 12.8 Å². The van der Waals surface area contributed by atoms with Crippen LogP contribution in [0.25, 0.3) is 10.2 Å². The largest absolute Gasteiger partial charge is 0.353 e. The van der Waals surface area contributed by atoms with E-state index in [0.29, 0.717) is 13.1 Å². The van der Waals surface area contributed by atoms with Crippen molar-refractivity contribution in [2.45, 2.75) is 11.8 Å². The third-order valence-corrected chi connectivity index (χ3v) is 7.31. The predicted molar refractivity (Wildman–Crippen MR) is 99.5 cm³/mol. The summed E-state index contributed by atoms with van der Waals surface area (Å²) in [6.45, 7) is 3.58. The average molecular weight is 392 g/mol. The van der Waals surface area contributed by atoms with Crippen molar-refractivity contribution >= 4 is 37.4 Å². The zero-order chi connectivity index (χ0) is 18.3. The van der Waals surface area contributed by atoms with Crippen LogP contribution < -0.4 is 4.90 Å². The summed E-state index contributed by atoms with van der Waals surface area (Å²) in [5.41, 5.74) is 0. The third kappa shape index (κ3) is 2.95. The average Bonchev–Trinajstić information content (AvgIpc) is 3.02. The molecule has 3 heterocycles. The summed E-state index contributed by atoms with van der Waals surface area (Å²) in [4.78, 5) is 12.6. The van der Waals surface area contributed by atoms with Gasteiger partial charge >= 0.3 is 0 Å². The van der Waals surface area contributed by atoms with E-state index in [1.807, 2.05) is 6.92 Å².